The predicted molar refractivity (Wildman–Crippen MR) is 74.6 cm³/mol. The second kappa shape index (κ2) is 5.05. The first kappa shape index (κ1) is 13.9. The van der Waals surface area contributed by atoms with Crippen LogP contribution in [-0.2, 0) is 17.8 Å². The SMILES string of the molecule is CCC1(CNC(=O)N2Cc3[nH]cnc3CC2C(=O)O)CC1. The number of fused-ring (bicyclic) bond motifs is 1. The van der Waals surface area contributed by atoms with E-state index in [9.17, 15) is 14.7 Å². The lowest BCUT2D eigenvalue weighted by molar-refractivity contribution is -0.142. The molecule has 1 atom stereocenters. The molecule has 2 amide bonds. The predicted octanol–water partition coefficient (Wildman–Crippen LogP) is 1.12. The van der Waals surface area contributed by atoms with E-state index >= 15 is 0 Å². The molecule has 3 N–H and O–H groups in total. The number of carboxylic acids is 1. The Morgan fingerprint density at radius 3 is 2.95 bits per heavy atom. The van der Waals surface area contributed by atoms with E-state index in [2.05, 4.69) is 22.2 Å². The van der Waals surface area contributed by atoms with Gasteiger partial charge in [-0.1, -0.05) is 6.92 Å². The fourth-order valence-corrected chi connectivity index (χ4v) is 2.87. The maximum Gasteiger partial charge on any atom is 0.326 e. The highest BCUT2D eigenvalue weighted by atomic mass is 16.4. The third-order valence-corrected chi connectivity index (χ3v) is 4.77. The summed E-state index contributed by atoms with van der Waals surface area (Å²) in [5, 5.41) is 12.3. The lowest BCUT2D eigenvalue weighted by Crippen LogP contribution is -2.53. The van der Waals surface area contributed by atoms with Crippen LogP contribution in [0.1, 0.15) is 37.6 Å². The molecule has 0 aromatic carbocycles. The van der Waals surface area contributed by atoms with Crippen molar-refractivity contribution in [2.24, 2.45) is 5.41 Å². The number of urea groups is 1. The summed E-state index contributed by atoms with van der Waals surface area (Å²) in [7, 11) is 0. The second-order valence-corrected chi connectivity index (χ2v) is 6.03. The fraction of sp³-hybridized carbons (Fsp3) is 0.643. The van der Waals surface area contributed by atoms with Crippen LogP contribution < -0.4 is 5.32 Å². The number of nitrogens with one attached hydrogen (secondary N) is 2. The summed E-state index contributed by atoms with van der Waals surface area (Å²) in [6, 6.07) is -1.15. The largest absolute Gasteiger partial charge is 0.480 e. The molecule has 2 aliphatic rings. The summed E-state index contributed by atoms with van der Waals surface area (Å²) in [5.41, 5.74) is 1.79. The van der Waals surface area contributed by atoms with Crippen molar-refractivity contribution in [2.75, 3.05) is 6.54 Å². The molecule has 0 radical (unpaired) electrons. The lowest BCUT2D eigenvalue weighted by atomic mass is 10.0. The molecule has 1 saturated carbocycles. The molecule has 2 heterocycles. The summed E-state index contributed by atoms with van der Waals surface area (Å²) in [6.45, 7) is 3.01. The number of hydrogen-bond acceptors (Lipinski definition) is 3. The molecular weight excluding hydrogens is 272 g/mol. The molecule has 1 unspecified atom stereocenters. The standard InChI is InChI=1S/C14H20N4O3/c1-2-14(3-4-14)7-15-13(21)18-6-10-9(16-8-17-10)5-11(18)12(19)20/h8,11H,2-7H2,1H3,(H,15,21)(H,16,17)(H,19,20). The lowest BCUT2D eigenvalue weighted by Gasteiger charge is -2.32. The van der Waals surface area contributed by atoms with Gasteiger partial charge in [0, 0.05) is 13.0 Å². The molecule has 3 rings (SSSR count). The number of rotatable bonds is 4. The molecular formula is C14H20N4O3. The zero-order chi connectivity index (χ0) is 15.0. The van der Waals surface area contributed by atoms with Crippen LogP contribution in [0.2, 0.25) is 0 Å². The van der Waals surface area contributed by atoms with Gasteiger partial charge in [0.25, 0.3) is 0 Å². The molecule has 0 saturated heterocycles. The summed E-state index contributed by atoms with van der Waals surface area (Å²) in [5.74, 6) is -0.990. The van der Waals surface area contributed by atoms with Crippen LogP contribution in [0.3, 0.4) is 0 Å². The molecule has 0 bridgehead atoms. The minimum atomic E-state index is -0.990. The van der Waals surface area contributed by atoms with E-state index in [1.54, 1.807) is 6.33 Å². The number of aliphatic carboxylic acids is 1. The van der Waals surface area contributed by atoms with Crippen LogP contribution in [0, 0.1) is 5.41 Å². The Kier molecular flexibility index (Phi) is 3.35. The number of nitrogens with zero attached hydrogens (tertiary/aromatic N) is 2. The first-order valence-electron chi connectivity index (χ1n) is 7.33. The molecule has 7 nitrogen and oxygen atoms in total. The number of hydrogen-bond donors (Lipinski definition) is 3. The van der Waals surface area contributed by atoms with E-state index in [-0.39, 0.29) is 24.4 Å². The van der Waals surface area contributed by atoms with Gasteiger partial charge in [-0.15, -0.1) is 0 Å². The molecule has 7 heteroatoms. The van der Waals surface area contributed by atoms with Gasteiger partial charge in [-0.2, -0.15) is 0 Å². The Morgan fingerprint density at radius 1 is 1.57 bits per heavy atom. The van der Waals surface area contributed by atoms with Crippen LogP contribution in [0.5, 0.6) is 0 Å². The fourth-order valence-electron chi connectivity index (χ4n) is 2.87. The average molecular weight is 292 g/mol. The summed E-state index contributed by atoms with van der Waals surface area (Å²) >= 11 is 0. The molecule has 114 valence electrons. The van der Waals surface area contributed by atoms with Crippen molar-refractivity contribution in [1.29, 1.82) is 0 Å². The number of aromatic amines is 1. The van der Waals surface area contributed by atoms with Gasteiger partial charge in [0.05, 0.1) is 24.3 Å². The molecule has 1 fully saturated rings. The second-order valence-electron chi connectivity index (χ2n) is 6.03. The first-order valence-corrected chi connectivity index (χ1v) is 7.33. The van der Waals surface area contributed by atoms with E-state index < -0.39 is 12.0 Å². The Hall–Kier alpha value is -2.05. The number of aromatic nitrogens is 2. The van der Waals surface area contributed by atoms with Gasteiger partial charge in [-0.25, -0.2) is 14.6 Å². The maximum absolute atomic E-state index is 12.4. The van der Waals surface area contributed by atoms with E-state index in [1.165, 1.54) is 4.90 Å². The van der Waals surface area contributed by atoms with E-state index in [0.717, 1.165) is 30.7 Å². The van der Waals surface area contributed by atoms with Crippen molar-refractivity contribution >= 4 is 12.0 Å². The van der Waals surface area contributed by atoms with Gasteiger partial charge in [0.2, 0.25) is 0 Å². The quantitative estimate of drug-likeness (QED) is 0.774. The minimum absolute atomic E-state index is 0.239. The topological polar surface area (TPSA) is 98.3 Å². The Morgan fingerprint density at radius 2 is 2.33 bits per heavy atom. The van der Waals surface area contributed by atoms with E-state index in [1.807, 2.05) is 0 Å². The number of H-pyrrole nitrogens is 1. The molecule has 1 aromatic heterocycles. The van der Waals surface area contributed by atoms with Crippen molar-refractivity contribution in [1.82, 2.24) is 20.2 Å². The molecule has 1 aromatic rings. The van der Waals surface area contributed by atoms with Gasteiger partial charge in [-0.3, -0.25) is 0 Å². The van der Waals surface area contributed by atoms with Gasteiger partial charge < -0.3 is 20.3 Å². The van der Waals surface area contributed by atoms with Crippen molar-refractivity contribution in [3.05, 3.63) is 17.7 Å². The molecule has 1 aliphatic carbocycles. The number of carboxylic acid groups (broad SMARTS) is 1. The summed E-state index contributed by atoms with van der Waals surface area (Å²) < 4.78 is 0. The van der Waals surface area contributed by atoms with Crippen LogP contribution in [0.25, 0.3) is 0 Å². The highest BCUT2D eigenvalue weighted by molar-refractivity contribution is 5.83. The van der Waals surface area contributed by atoms with Crippen molar-refractivity contribution in [3.63, 3.8) is 0 Å². The van der Waals surface area contributed by atoms with E-state index in [0.29, 0.717) is 6.54 Å². The smallest absolute Gasteiger partial charge is 0.326 e. The average Bonchev–Trinajstić information content (AvgIpc) is 3.12. The Balaban J connectivity index is 1.70. The number of carbonyl (C=O) groups excluding carboxylic acids is 1. The normalized spacial score (nSPS) is 22.5. The first-order chi connectivity index (χ1) is 10.0. The van der Waals surface area contributed by atoms with Crippen LogP contribution >= 0.6 is 0 Å². The third kappa shape index (κ3) is 2.59. The van der Waals surface area contributed by atoms with Crippen molar-refractivity contribution < 1.29 is 14.7 Å². The summed E-state index contributed by atoms with van der Waals surface area (Å²) in [4.78, 5) is 32.2. The monoisotopic (exact) mass is 292 g/mol. The van der Waals surface area contributed by atoms with Crippen molar-refractivity contribution in [2.45, 2.75) is 45.2 Å². The van der Waals surface area contributed by atoms with Gasteiger partial charge >= 0.3 is 12.0 Å². The van der Waals surface area contributed by atoms with Crippen LogP contribution in [0.4, 0.5) is 4.79 Å². The van der Waals surface area contributed by atoms with Crippen LogP contribution in [0.15, 0.2) is 6.33 Å². The molecule has 0 spiro atoms. The van der Waals surface area contributed by atoms with Crippen molar-refractivity contribution in [3.8, 4) is 0 Å². The van der Waals surface area contributed by atoms with Gasteiger partial charge in [-0.05, 0) is 24.7 Å². The number of carbonyl (C=O) groups is 2. The zero-order valence-corrected chi connectivity index (χ0v) is 12.1. The van der Waals surface area contributed by atoms with Crippen LogP contribution in [-0.4, -0.2) is 44.6 Å². The highest BCUT2D eigenvalue weighted by Crippen LogP contribution is 2.47. The number of imidazole rings is 1. The van der Waals surface area contributed by atoms with E-state index in [4.69, 9.17) is 0 Å². The maximum atomic E-state index is 12.4. The Labute approximate surface area is 122 Å². The van der Waals surface area contributed by atoms with Gasteiger partial charge in [0.1, 0.15) is 6.04 Å². The molecule has 21 heavy (non-hydrogen) atoms. The van der Waals surface area contributed by atoms with Gasteiger partial charge in [0.15, 0.2) is 0 Å². The third-order valence-electron chi connectivity index (χ3n) is 4.77. The minimum Gasteiger partial charge on any atom is -0.480 e. The number of amides is 2. The zero-order valence-electron chi connectivity index (χ0n) is 12.1. The Bertz CT molecular complexity index is 564. The molecule has 1 aliphatic heterocycles. The highest BCUT2D eigenvalue weighted by Gasteiger charge is 2.42. The summed E-state index contributed by atoms with van der Waals surface area (Å²) in [6.07, 6.45) is 5.11.